The summed E-state index contributed by atoms with van der Waals surface area (Å²) < 4.78 is 0. The molecule has 1 heterocycles. The van der Waals surface area contributed by atoms with E-state index in [1.807, 2.05) is 0 Å². The summed E-state index contributed by atoms with van der Waals surface area (Å²) in [6, 6.07) is 0. The predicted molar refractivity (Wildman–Crippen MR) is 61.6 cm³/mol. The van der Waals surface area contributed by atoms with Crippen LogP contribution in [0.2, 0.25) is 0 Å². The van der Waals surface area contributed by atoms with E-state index < -0.39 is 11.8 Å². The fourth-order valence-electron chi connectivity index (χ4n) is 1.46. The normalized spacial score (nSPS) is 16.9. The maximum atomic E-state index is 11.6. The first kappa shape index (κ1) is 12.9. The van der Waals surface area contributed by atoms with E-state index in [1.54, 1.807) is 0 Å². The van der Waals surface area contributed by atoms with Gasteiger partial charge in [-0.05, 0) is 12.8 Å². The summed E-state index contributed by atoms with van der Waals surface area (Å²) >= 11 is 4.58. The molecule has 1 aliphatic rings. The molecule has 1 aliphatic heterocycles. The summed E-state index contributed by atoms with van der Waals surface area (Å²) in [5.41, 5.74) is 5.20. The Kier molecular flexibility index (Phi) is 4.63. The smallest absolute Gasteiger partial charge is 0.311 e. The minimum Gasteiger partial charge on any atom is -0.393 e. The summed E-state index contributed by atoms with van der Waals surface area (Å²) in [4.78, 5) is 24.5. The van der Waals surface area contributed by atoms with Gasteiger partial charge in [-0.1, -0.05) is 12.2 Å². The van der Waals surface area contributed by atoms with Gasteiger partial charge in [-0.15, -0.1) is 0 Å². The number of carbonyl (C=O) groups excluding carboxylic acids is 2. The van der Waals surface area contributed by atoms with Gasteiger partial charge in [0.2, 0.25) is 0 Å². The van der Waals surface area contributed by atoms with Crippen molar-refractivity contribution in [2.75, 3.05) is 19.6 Å². The molecule has 1 saturated heterocycles. The van der Waals surface area contributed by atoms with E-state index in [0.717, 1.165) is 0 Å². The van der Waals surface area contributed by atoms with Crippen LogP contribution in [0.5, 0.6) is 0 Å². The average molecular weight is 245 g/mol. The highest BCUT2D eigenvalue weighted by Crippen LogP contribution is 2.09. The molecule has 0 aromatic heterocycles. The molecule has 0 unspecified atom stereocenters. The Morgan fingerprint density at radius 1 is 1.44 bits per heavy atom. The molecule has 2 amide bonds. The van der Waals surface area contributed by atoms with Crippen molar-refractivity contribution in [1.29, 1.82) is 0 Å². The van der Waals surface area contributed by atoms with Crippen LogP contribution < -0.4 is 11.1 Å². The molecule has 0 saturated carbocycles. The molecule has 6 nitrogen and oxygen atoms in total. The van der Waals surface area contributed by atoms with Crippen molar-refractivity contribution in [2.45, 2.75) is 18.9 Å². The Morgan fingerprint density at radius 3 is 2.50 bits per heavy atom. The van der Waals surface area contributed by atoms with Gasteiger partial charge in [0.1, 0.15) is 0 Å². The molecule has 4 N–H and O–H groups in total. The largest absolute Gasteiger partial charge is 0.393 e. The number of carbonyl (C=O) groups is 2. The lowest BCUT2D eigenvalue weighted by atomic mass is 10.1. The van der Waals surface area contributed by atoms with Crippen LogP contribution in [0.25, 0.3) is 0 Å². The highest BCUT2D eigenvalue weighted by Gasteiger charge is 2.25. The van der Waals surface area contributed by atoms with E-state index in [-0.39, 0.29) is 17.6 Å². The molecule has 0 radical (unpaired) electrons. The molecule has 90 valence electrons. The van der Waals surface area contributed by atoms with Crippen molar-refractivity contribution in [3.05, 3.63) is 0 Å². The van der Waals surface area contributed by atoms with Crippen LogP contribution in [-0.2, 0) is 9.59 Å². The lowest BCUT2D eigenvalue weighted by Crippen LogP contribution is -2.48. The van der Waals surface area contributed by atoms with Crippen molar-refractivity contribution in [3.63, 3.8) is 0 Å². The fourth-order valence-corrected chi connectivity index (χ4v) is 1.53. The Hall–Kier alpha value is -1.21. The van der Waals surface area contributed by atoms with Crippen LogP contribution in [0, 0.1) is 0 Å². The van der Waals surface area contributed by atoms with Crippen LogP contribution in [0.1, 0.15) is 12.8 Å². The molecule has 0 spiro atoms. The van der Waals surface area contributed by atoms with Crippen LogP contribution in [0.4, 0.5) is 0 Å². The Bertz CT molecular complexity index is 300. The number of piperidine rings is 1. The molecule has 0 bridgehead atoms. The number of nitrogens with zero attached hydrogens (tertiary/aromatic N) is 1. The van der Waals surface area contributed by atoms with Crippen LogP contribution >= 0.6 is 12.2 Å². The number of nitrogens with two attached hydrogens (primary N) is 1. The van der Waals surface area contributed by atoms with Crippen molar-refractivity contribution in [3.8, 4) is 0 Å². The summed E-state index contributed by atoms with van der Waals surface area (Å²) in [5, 5.41) is 11.6. The summed E-state index contributed by atoms with van der Waals surface area (Å²) in [5.74, 6) is -1.30. The minimum absolute atomic E-state index is 0.0242. The Balaban J connectivity index is 2.38. The van der Waals surface area contributed by atoms with Crippen molar-refractivity contribution in [1.82, 2.24) is 10.2 Å². The maximum absolute atomic E-state index is 11.6. The van der Waals surface area contributed by atoms with Gasteiger partial charge in [-0.3, -0.25) is 9.59 Å². The lowest BCUT2D eigenvalue weighted by Gasteiger charge is -2.28. The van der Waals surface area contributed by atoms with Crippen molar-refractivity contribution in [2.24, 2.45) is 5.73 Å². The fraction of sp³-hybridized carbons (Fsp3) is 0.667. The highest BCUT2D eigenvalue weighted by molar-refractivity contribution is 7.80. The molecule has 0 aromatic rings. The van der Waals surface area contributed by atoms with Gasteiger partial charge < -0.3 is 21.1 Å². The van der Waals surface area contributed by atoms with Gasteiger partial charge in [-0.2, -0.15) is 0 Å². The number of hydrogen-bond donors (Lipinski definition) is 3. The molecule has 0 aliphatic carbocycles. The summed E-state index contributed by atoms with van der Waals surface area (Å²) in [6.45, 7) is 0.831. The van der Waals surface area contributed by atoms with Gasteiger partial charge in [-0.25, -0.2) is 0 Å². The first-order valence-corrected chi connectivity index (χ1v) is 5.45. The SMILES string of the molecule is NC(=S)CNC(=O)C(=O)N1CCC(O)CC1. The zero-order valence-corrected chi connectivity index (χ0v) is 9.63. The minimum atomic E-state index is -0.704. The standard InChI is InChI=1S/C9H15N3O3S/c10-7(16)5-11-8(14)9(15)12-3-1-6(13)2-4-12/h6,13H,1-5H2,(H2,10,16)(H,11,14). The second kappa shape index (κ2) is 5.76. The number of thiocarbonyl (C=S) groups is 1. The molecule has 1 fully saturated rings. The molecular formula is C9H15N3O3S. The molecule has 0 atom stereocenters. The van der Waals surface area contributed by atoms with E-state index in [1.165, 1.54) is 4.90 Å². The van der Waals surface area contributed by atoms with Crippen molar-refractivity contribution < 1.29 is 14.7 Å². The van der Waals surface area contributed by atoms with Crippen LogP contribution in [0.15, 0.2) is 0 Å². The Labute approximate surface area is 98.8 Å². The van der Waals surface area contributed by atoms with Gasteiger partial charge in [0.15, 0.2) is 0 Å². The number of aliphatic hydroxyl groups excluding tert-OH is 1. The third kappa shape index (κ3) is 3.74. The summed E-state index contributed by atoms with van der Waals surface area (Å²) in [6.07, 6.45) is 0.645. The third-order valence-electron chi connectivity index (χ3n) is 2.37. The van der Waals surface area contributed by atoms with Gasteiger partial charge in [0.05, 0.1) is 17.6 Å². The van der Waals surface area contributed by atoms with Gasteiger partial charge in [0, 0.05) is 13.1 Å². The molecule has 0 aromatic carbocycles. The molecule has 7 heteroatoms. The number of hydrogen-bond acceptors (Lipinski definition) is 4. The van der Waals surface area contributed by atoms with Gasteiger partial charge in [0.25, 0.3) is 0 Å². The number of rotatable bonds is 2. The van der Waals surface area contributed by atoms with E-state index >= 15 is 0 Å². The maximum Gasteiger partial charge on any atom is 0.311 e. The monoisotopic (exact) mass is 245 g/mol. The summed E-state index contributed by atoms with van der Waals surface area (Å²) in [7, 11) is 0. The third-order valence-corrected chi connectivity index (χ3v) is 2.51. The lowest BCUT2D eigenvalue weighted by molar-refractivity contribution is -0.147. The van der Waals surface area contributed by atoms with E-state index in [2.05, 4.69) is 17.5 Å². The highest BCUT2D eigenvalue weighted by atomic mass is 32.1. The second-order valence-corrected chi connectivity index (χ2v) is 4.20. The molecule has 16 heavy (non-hydrogen) atoms. The quantitative estimate of drug-likeness (QED) is 0.401. The van der Waals surface area contributed by atoms with Crippen LogP contribution in [-0.4, -0.2) is 52.5 Å². The van der Waals surface area contributed by atoms with E-state index in [4.69, 9.17) is 5.73 Å². The zero-order chi connectivity index (χ0) is 12.1. The molecule has 1 rings (SSSR count). The topological polar surface area (TPSA) is 95.7 Å². The van der Waals surface area contributed by atoms with Crippen LogP contribution in [0.3, 0.4) is 0 Å². The number of amides is 2. The number of aliphatic hydroxyl groups is 1. The number of nitrogens with one attached hydrogen (secondary N) is 1. The van der Waals surface area contributed by atoms with Gasteiger partial charge >= 0.3 is 11.8 Å². The van der Waals surface area contributed by atoms with Crippen molar-refractivity contribution >= 4 is 29.0 Å². The van der Waals surface area contributed by atoms with E-state index in [0.29, 0.717) is 25.9 Å². The molecular weight excluding hydrogens is 230 g/mol. The zero-order valence-electron chi connectivity index (χ0n) is 8.81. The predicted octanol–water partition coefficient (Wildman–Crippen LogP) is -1.63. The average Bonchev–Trinajstić information content (AvgIpc) is 2.26. The van der Waals surface area contributed by atoms with E-state index in [9.17, 15) is 14.7 Å². The first-order valence-electron chi connectivity index (χ1n) is 5.04. The number of likely N-dealkylation sites (tertiary alicyclic amines) is 1. The first-order chi connectivity index (χ1) is 7.50. The Morgan fingerprint density at radius 2 is 2.00 bits per heavy atom. The second-order valence-electron chi connectivity index (χ2n) is 3.67.